The molecule has 0 N–H and O–H groups in total. The number of sulfonamides is 1. The molecule has 1 aromatic heterocycles. The maximum absolute atomic E-state index is 12.9. The largest absolute Gasteiger partial charge is 0.379 e. The van der Waals surface area contributed by atoms with Gasteiger partial charge in [0.05, 0.1) is 18.9 Å². The van der Waals surface area contributed by atoms with Crippen molar-refractivity contribution in [3.63, 3.8) is 0 Å². The third-order valence-corrected chi connectivity index (χ3v) is 8.20. The lowest BCUT2D eigenvalue weighted by Crippen LogP contribution is -2.57. The van der Waals surface area contributed by atoms with Gasteiger partial charge in [0.2, 0.25) is 0 Å². The molecular weight excluding hydrogens is 340 g/mol. The fourth-order valence-corrected chi connectivity index (χ4v) is 6.33. The Labute approximate surface area is 150 Å². The number of hydrogen-bond acceptors (Lipinski definition) is 5. The van der Waals surface area contributed by atoms with Gasteiger partial charge in [-0.05, 0) is 44.1 Å². The van der Waals surface area contributed by atoms with Crippen LogP contribution in [-0.2, 0) is 21.8 Å². The molecule has 0 radical (unpaired) electrons. The standard InChI is InChI=1S/C17H28N4O3S/c1-14-11-16(19(2)18-14)25(22,23)21-5-3-17(4-6-21)12-15(13-17)20-7-9-24-10-8-20/h11,15H,3-10,12-13H2,1-2H3. The average Bonchev–Trinajstić information content (AvgIpc) is 2.93. The first-order valence-corrected chi connectivity index (χ1v) is 10.7. The van der Waals surface area contributed by atoms with Gasteiger partial charge in [0, 0.05) is 39.3 Å². The van der Waals surface area contributed by atoms with E-state index in [0.717, 1.165) is 44.8 Å². The minimum atomic E-state index is -3.43. The van der Waals surface area contributed by atoms with Crippen LogP contribution in [0.1, 0.15) is 31.4 Å². The van der Waals surface area contributed by atoms with Crippen molar-refractivity contribution in [1.82, 2.24) is 19.0 Å². The van der Waals surface area contributed by atoms with Crippen LogP contribution >= 0.6 is 0 Å². The number of aryl methyl sites for hydroxylation is 2. The zero-order valence-electron chi connectivity index (χ0n) is 15.1. The van der Waals surface area contributed by atoms with E-state index in [1.54, 1.807) is 17.4 Å². The van der Waals surface area contributed by atoms with Crippen LogP contribution in [0.4, 0.5) is 0 Å². The van der Waals surface area contributed by atoms with Crippen molar-refractivity contribution in [1.29, 1.82) is 0 Å². The van der Waals surface area contributed by atoms with Crippen molar-refractivity contribution < 1.29 is 13.2 Å². The van der Waals surface area contributed by atoms with Crippen molar-refractivity contribution in [3.8, 4) is 0 Å². The molecule has 25 heavy (non-hydrogen) atoms. The lowest BCUT2D eigenvalue weighted by Gasteiger charge is -2.55. The number of aromatic nitrogens is 2. The number of ether oxygens (including phenoxy) is 1. The molecule has 4 rings (SSSR count). The Bertz CT molecular complexity index is 723. The molecule has 1 aromatic rings. The minimum absolute atomic E-state index is 0.306. The second-order valence-corrected chi connectivity index (χ2v) is 9.75. The molecule has 0 unspecified atom stereocenters. The van der Waals surface area contributed by atoms with Gasteiger partial charge in [-0.3, -0.25) is 9.58 Å². The highest BCUT2D eigenvalue weighted by Crippen LogP contribution is 2.51. The first-order chi connectivity index (χ1) is 11.9. The van der Waals surface area contributed by atoms with Gasteiger partial charge in [0.25, 0.3) is 10.0 Å². The smallest absolute Gasteiger partial charge is 0.260 e. The summed E-state index contributed by atoms with van der Waals surface area (Å²) < 4.78 is 34.4. The summed E-state index contributed by atoms with van der Waals surface area (Å²) >= 11 is 0. The maximum Gasteiger partial charge on any atom is 0.260 e. The van der Waals surface area contributed by atoms with E-state index in [1.165, 1.54) is 17.5 Å². The number of rotatable bonds is 3. The Morgan fingerprint density at radius 2 is 1.80 bits per heavy atom. The van der Waals surface area contributed by atoms with Crippen LogP contribution in [0.2, 0.25) is 0 Å². The second kappa shape index (κ2) is 6.33. The molecule has 3 aliphatic rings. The fraction of sp³-hybridized carbons (Fsp3) is 0.824. The lowest BCUT2D eigenvalue weighted by atomic mass is 9.60. The summed E-state index contributed by atoms with van der Waals surface area (Å²) in [6.45, 7) is 6.86. The van der Waals surface area contributed by atoms with E-state index < -0.39 is 10.0 Å². The van der Waals surface area contributed by atoms with Crippen LogP contribution in [0.25, 0.3) is 0 Å². The first kappa shape index (κ1) is 17.5. The predicted molar refractivity (Wildman–Crippen MR) is 93.8 cm³/mol. The summed E-state index contributed by atoms with van der Waals surface area (Å²) in [5.41, 5.74) is 1.10. The monoisotopic (exact) mass is 368 g/mol. The Kier molecular flexibility index (Phi) is 4.42. The average molecular weight is 369 g/mol. The molecule has 1 saturated carbocycles. The predicted octanol–water partition coefficient (Wildman–Crippen LogP) is 0.994. The third kappa shape index (κ3) is 3.13. The van der Waals surface area contributed by atoms with Gasteiger partial charge in [0.15, 0.2) is 5.03 Å². The van der Waals surface area contributed by atoms with Crippen LogP contribution in [0, 0.1) is 12.3 Å². The second-order valence-electron chi connectivity index (χ2n) is 7.86. The SMILES string of the molecule is Cc1cc(S(=O)(=O)N2CCC3(CC2)CC(N2CCOCC2)C3)n(C)n1. The molecule has 1 spiro atoms. The van der Waals surface area contributed by atoms with E-state index in [9.17, 15) is 8.42 Å². The summed E-state index contributed by atoms with van der Waals surface area (Å²) in [5, 5.41) is 4.49. The van der Waals surface area contributed by atoms with Gasteiger partial charge in [-0.25, -0.2) is 8.42 Å². The van der Waals surface area contributed by atoms with Crippen molar-refractivity contribution in [3.05, 3.63) is 11.8 Å². The molecule has 140 valence electrons. The van der Waals surface area contributed by atoms with Gasteiger partial charge >= 0.3 is 0 Å². The molecule has 2 aliphatic heterocycles. The van der Waals surface area contributed by atoms with E-state index in [-0.39, 0.29) is 0 Å². The maximum atomic E-state index is 12.9. The number of nitrogens with zero attached hydrogens (tertiary/aromatic N) is 4. The normalized spacial score (nSPS) is 26.0. The molecule has 1 aliphatic carbocycles. The zero-order chi connectivity index (χ0) is 17.7. The summed E-state index contributed by atoms with van der Waals surface area (Å²) in [4.78, 5) is 2.55. The molecule has 3 heterocycles. The molecule has 0 aromatic carbocycles. The molecule has 3 fully saturated rings. The van der Waals surface area contributed by atoms with E-state index in [1.807, 2.05) is 6.92 Å². The van der Waals surface area contributed by atoms with Crippen LogP contribution in [0.15, 0.2) is 11.1 Å². The number of hydrogen-bond donors (Lipinski definition) is 0. The highest BCUT2D eigenvalue weighted by atomic mass is 32.2. The quantitative estimate of drug-likeness (QED) is 0.796. The fourth-order valence-electron chi connectivity index (χ4n) is 4.71. The zero-order valence-corrected chi connectivity index (χ0v) is 16.0. The highest BCUT2D eigenvalue weighted by Gasteiger charge is 2.49. The molecule has 8 heteroatoms. The van der Waals surface area contributed by atoms with Crippen LogP contribution in [-0.4, -0.2) is 72.8 Å². The Hall–Kier alpha value is -0.960. The van der Waals surface area contributed by atoms with Crippen molar-refractivity contribution >= 4 is 10.0 Å². The Balaban J connectivity index is 1.37. The molecule has 7 nitrogen and oxygen atoms in total. The van der Waals surface area contributed by atoms with Crippen LogP contribution < -0.4 is 0 Å². The number of morpholine rings is 1. The lowest BCUT2D eigenvalue weighted by molar-refractivity contribution is -0.0670. The molecule has 2 saturated heterocycles. The van der Waals surface area contributed by atoms with Gasteiger partial charge < -0.3 is 4.74 Å². The minimum Gasteiger partial charge on any atom is -0.379 e. The van der Waals surface area contributed by atoms with Crippen molar-refractivity contribution in [2.45, 2.75) is 43.7 Å². The van der Waals surface area contributed by atoms with Crippen LogP contribution in [0.3, 0.4) is 0 Å². The van der Waals surface area contributed by atoms with E-state index in [0.29, 0.717) is 29.6 Å². The van der Waals surface area contributed by atoms with Gasteiger partial charge in [0.1, 0.15) is 0 Å². The number of piperidine rings is 1. The first-order valence-electron chi connectivity index (χ1n) is 9.22. The molecular formula is C17H28N4O3S. The highest BCUT2D eigenvalue weighted by molar-refractivity contribution is 7.89. The van der Waals surface area contributed by atoms with E-state index in [4.69, 9.17) is 4.74 Å². The summed E-state index contributed by atoms with van der Waals surface area (Å²) in [7, 11) is -1.73. The topological polar surface area (TPSA) is 67.7 Å². The molecule has 0 amide bonds. The molecule has 0 atom stereocenters. The Morgan fingerprint density at radius 1 is 1.16 bits per heavy atom. The van der Waals surface area contributed by atoms with Gasteiger partial charge in [-0.15, -0.1) is 0 Å². The van der Waals surface area contributed by atoms with Gasteiger partial charge in [-0.1, -0.05) is 0 Å². The summed E-state index contributed by atoms with van der Waals surface area (Å²) in [5.74, 6) is 0. The molecule has 0 bridgehead atoms. The van der Waals surface area contributed by atoms with Gasteiger partial charge in [-0.2, -0.15) is 9.40 Å². The van der Waals surface area contributed by atoms with Crippen molar-refractivity contribution in [2.75, 3.05) is 39.4 Å². The van der Waals surface area contributed by atoms with E-state index >= 15 is 0 Å². The summed E-state index contributed by atoms with van der Waals surface area (Å²) in [6, 6.07) is 2.34. The summed E-state index contributed by atoms with van der Waals surface area (Å²) in [6.07, 6.45) is 4.38. The third-order valence-electron chi connectivity index (χ3n) is 6.25. The van der Waals surface area contributed by atoms with Crippen LogP contribution in [0.5, 0.6) is 0 Å². The van der Waals surface area contributed by atoms with Crippen molar-refractivity contribution in [2.24, 2.45) is 12.5 Å². The van der Waals surface area contributed by atoms with E-state index in [2.05, 4.69) is 10.00 Å². The Morgan fingerprint density at radius 3 is 2.36 bits per heavy atom.